The SMILES string of the molecule is Cc1cc(C)n(-c2ccc(C(=O)N3CCOCC3CC(=O)O)cc2F)n1. The summed E-state index contributed by atoms with van der Waals surface area (Å²) in [5.41, 5.74) is 1.99. The number of ether oxygens (including phenoxy) is 1. The van der Waals surface area contributed by atoms with Crippen LogP contribution in [0.4, 0.5) is 4.39 Å². The van der Waals surface area contributed by atoms with E-state index in [0.29, 0.717) is 6.61 Å². The number of aliphatic carboxylic acids is 1. The number of hydrogen-bond donors (Lipinski definition) is 1. The Balaban J connectivity index is 1.87. The Morgan fingerprint density at radius 1 is 1.35 bits per heavy atom. The molecule has 0 bridgehead atoms. The second kappa shape index (κ2) is 7.25. The van der Waals surface area contributed by atoms with Crippen molar-refractivity contribution in [3.05, 3.63) is 47.0 Å². The molecule has 2 heterocycles. The molecule has 2 aromatic rings. The average molecular weight is 361 g/mol. The molecular formula is C18H20FN3O4. The number of carbonyl (C=O) groups excluding carboxylic acids is 1. The van der Waals surface area contributed by atoms with E-state index in [1.165, 1.54) is 27.8 Å². The molecule has 1 fully saturated rings. The summed E-state index contributed by atoms with van der Waals surface area (Å²) < 4.78 is 21.4. The second-order valence-electron chi connectivity index (χ2n) is 6.33. The maximum absolute atomic E-state index is 14.6. The van der Waals surface area contributed by atoms with Crippen LogP contribution in [0.2, 0.25) is 0 Å². The first-order chi connectivity index (χ1) is 12.4. The minimum Gasteiger partial charge on any atom is -0.481 e. The summed E-state index contributed by atoms with van der Waals surface area (Å²) in [4.78, 5) is 25.2. The normalized spacial score (nSPS) is 17.3. The Hall–Kier alpha value is -2.74. The molecule has 0 aliphatic carbocycles. The van der Waals surface area contributed by atoms with E-state index >= 15 is 0 Å². The van der Waals surface area contributed by atoms with Crippen molar-refractivity contribution < 1.29 is 23.8 Å². The van der Waals surface area contributed by atoms with Gasteiger partial charge in [-0.1, -0.05) is 0 Å². The van der Waals surface area contributed by atoms with Gasteiger partial charge in [0.25, 0.3) is 5.91 Å². The van der Waals surface area contributed by atoms with E-state index < -0.39 is 23.7 Å². The van der Waals surface area contributed by atoms with E-state index in [1.807, 2.05) is 19.9 Å². The molecule has 26 heavy (non-hydrogen) atoms. The lowest BCUT2D eigenvalue weighted by atomic mass is 10.1. The van der Waals surface area contributed by atoms with E-state index in [-0.39, 0.29) is 30.8 Å². The number of nitrogens with zero attached hydrogens (tertiary/aromatic N) is 3. The van der Waals surface area contributed by atoms with Crippen LogP contribution in [0.5, 0.6) is 0 Å². The Morgan fingerprint density at radius 3 is 2.73 bits per heavy atom. The van der Waals surface area contributed by atoms with Gasteiger partial charge in [0.05, 0.1) is 31.4 Å². The topological polar surface area (TPSA) is 84.7 Å². The molecule has 1 amide bonds. The fraction of sp³-hybridized carbons (Fsp3) is 0.389. The molecular weight excluding hydrogens is 341 g/mol. The zero-order chi connectivity index (χ0) is 18.8. The van der Waals surface area contributed by atoms with Gasteiger partial charge >= 0.3 is 5.97 Å². The van der Waals surface area contributed by atoms with Crippen molar-refractivity contribution in [2.45, 2.75) is 26.3 Å². The fourth-order valence-corrected chi connectivity index (χ4v) is 3.14. The van der Waals surface area contributed by atoms with Crippen LogP contribution < -0.4 is 0 Å². The van der Waals surface area contributed by atoms with Crippen LogP contribution in [-0.4, -0.2) is 57.5 Å². The first-order valence-corrected chi connectivity index (χ1v) is 8.30. The maximum Gasteiger partial charge on any atom is 0.305 e. The van der Waals surface area contributed by atoms with Crippen molar-refractivity contribution in [2.75, 3.05) is 19.8 Å². The van der Waals surface area contributed by atoms with Crippen LogP contribution >= 0.6 is 0 Å². The number of amides is 1. The highest BCUT2D eigenvalue weighted by atomic mass is 19.1. The van der Waals surface area contributed by atoms with Crippen LogP contribution in [-0.2, 0) is 9.53 Å². The van der Waals surface area contributed by atoms with E-state index in [4.69, 9.17) is 9.84 Å². The largest absolute Gasteiger partial charge is 0.481 e. The minimum atomic E-state index is -1.01. The van der Waals surface area contributed by atoms with Gasteiger partial charge in [-0.25, -0.2) is 9.07 Å². The van der Waals surface area contributed by atoms with E-state index in [9.17, 15) is 14.0 Å². The Kier molecular flexibility index (Phi) is 5.03. The third kappa shape index (κ3) is 3.60. The zero-order valence-corrected chi connectivity index (χ0v) is 14.6. The van der Waals surface area contributed by atoms with Gasteiger partial charge in [-0.3, -0.25) is 9.59 Å². The number of benzene rings is 1. The lowest BCUT2D eigenvalue weighted by Gasteiger charge is -2.34. The average Bonchev–Trinajstić information content (AvgIpc) is 2.92. The van der Waals surface area contributed by atoms with Crippen LogP contribution in [0.25, 0.3) is 5.69 Å². The highest BCUT2D eigenvalue weighted by Crippen LogP contribution is 2.20. The van der Waals surface area contributed by atoms with Gasteiger partial charge in [0, 0.05) is 17.8 Å². The lowest BCUT2D eigenvalue weighted by Crippen LogP contribution is -2.49. The first-order valence-electron chi connectivity index (χ1n) is 8.30. The molecule has 1 atom stereocenters. The van der Waals surface area contributed by atoms with Crippen LogP contribution in [0, 0.1) is 19.7 Å². The summed E-state index contributed by atoms with van der Waals surface area (Å²) in [6.07, 6.45) is -0.210. The zero-order valence-electron chi connectivity index (χ0n) is 14.6. The summed E-state index contributed by atoms with van der Waals surface area (Å²) in [7, 11) is 0. The smallest absolute Gasteiger partial charge is 0.305 e. The summed E-state index contributed by atoms with van der Waals surface area (Å²) in [5.74, 6) is -1.98. The van der Waals surface area contributed by atoms with Crippen molar-refractivity contribution in [3.63, 3.8) is 0 Å². The molecule has 1 aromatic heterocycles. The number of carbonyl (C=O) groups is 2. The maximum atomic E-state index is 14.6. The Labute approximate surface area is 150 Å². The Bertz CT molecular complexity index is 849. The molecule has 1 aliphatic heterocycles. The predicted octanol–water partition coefficient (Wildman–Crippen LogP) is 1.94. The molecule has 3 rings (SSSR count). The predicted molar refractivity (Wildman–Crippen MR) is 90.9 cm³/mol. The number of carboxylic acid groups (broad SMARTS) is 1. The molecule has 1 unspecified atom stereocenters. The van der Waals surface area contributed by atoms with Crippen molar-refractivity contribution >= 4 is 11.9 Å². The van der Waals surface area contributed by atoms with Crippen LogP contribution in [0.1, 0.15) is 28.2 Å². The lowest BCUT2D eigenvalue weighted by molar-refractivity contribution is -0.139. The van der Waals surface area contributed by atoms with Crippen LogP contribution in [0.15, 0.2) is 24.3 Å². The van der Waals surface area contributed by atoms with Crippen molar-refractivity contribution in [3.8, 4) is 5.69 Å². The third-order valence-corrected chi connectivity index (χ3v) is 4.33. The van der Waals surface area contributed by atoms with E-state index in [2.05, 4.69) is 5.10 Å². The molecule has 1 N–H and O–H groups in total. The van der Waals surface area contributed by atoms with Gasteiger partial charge in [0.15, 0.2) is 0 Å². The number of halogens is 1. The molecule has 1 aliphatic rings. The van der Waals surface area contributed by atoms with E-state index in [1.54, 1.807) is 0 Å². The van der Waals surface area contributed by atoms with E-state index in [0.717, 1.165) is 11.4 Å². The third-order valence-electron chi connectivity index (χ3n) is 4.33. The monoisotopic (exact) mass is 361 g/mol. The molecule has 0 saturated carbocycles. The second-order valence-corrected chi connectivity index (χ2v) is 6.33. The summed E-state index contributed by atoms with van der Waals surface area (Å²) in [6, 6.07) is 5.48. The highest BCUT2D eigenvalue weighted by Gasteiger charge is 2.30. The Morgan fingerprint density at radius 2 is 2.12 bits per heavy atom. The van der Waals surface area contributed by atoms with Gasteiger partial charge in [0.2, 0.25) is 0 Å². The number of aryl methyl sites for hydroxylation is 2. The van der Waals surface area contributed by atoms with Crippen molar-refractivity contribution in [2.24, 2.45) is 0 Å². The molecule has 8 heteroatoms. The standard InChI is InChI=1S/C18H20FN3O4/c1-11-7-12(2)22(20-11)16-4-3-13(8-15(16)19)18(25)21-5-6-26-10-14(21)9-17(23)24/h3-4,7-8,14H,5-6,9-10H2,1-2H3,(H,23,24). The quantitative estimate of drug-likeness (QED) is 0.900. The number of morpholine rings is 1. The molecule has 0 spiro atoms. The number of rotatable bonds is 4. The van der Waals surface area contributed by atoms with Gasteiger partial charge in [-0.2, -0.15) is 5.10 Å². The molecule has 1 aromatic carbocycles. The number of aromatic nitrogens is 2. The summed E-state index contributed by atoms with van der Waals surface area (Å²) in [5, 5.41) is 13.3. The van der Waals surface area contributed by atoms with Gasteiger partial charge < -0.3 is 14.7 Å². The molecule has 0 radical (unpaired) electrons. The van der Waals surface area contributed by atoms with Gasteiger partial charge in [-0.15, -0.1) is 0 Å². The molecule has 7 nitrogen and oxygen atoms in total. The van der Waals surface area contributed by atoms with Crippen LogP contribution in [0.3, 0.4) is 0 Å². The van der Waals surface area contributed by atoms with Gasteiger partial charge in [0.1, 0.15) is 11.5 Å². The van der Waals surface area contributed by atoms with Crippen molar-refractivity contribution in [1.29, 1.82) is 0 Å². The highest BCUT2D eigenvalue weighted by molar-refractivity contribution is 5.95. The number of hydrogen-bond acceptors (Lipinski definition) is 4. The fourth-order valence-electron chi connectivity index (χ4n) is 3.14. The van der Waals surface area contributed by atoms with Crippen molar-refractivity contribution in [1.82, 2.24) is 14.7 Å². The first kappa shape index (κ1) is 18.1. The molecule has 1 saturated heterocycles. The number of carboxylic acids is 1. The molecule has 138 valence electrons. The van der Waals surface area contributed by atoms with Gasteiger partial charge in [-0.05, 0) is 38.1 Å². The minimum absolute atomic E-state index is 0.157. The summed E-state index contributed by atoms with van der Waals surface area (Å²) >= 11 is 0. The summed E-state index contributed by atoms with van der Waals surface area (Å²) in [6.45, 7) is 4.40.